The first-order valence-corrected chi connectivity index (χ1v) is 9.01. The van der Waals surface area contributed by atoms with Crippen LogP contribution in [0.15, 0.2) is 35.1 Å². The molecular formula is C19H18ClN5O2. The Balaban J connectivity index is 1.50. The molecule has 2 aromatic heterocycles. The topological polar surface area (TPSA) is 114 Å². The number of halogens is 1. The van der Waals surface area contributed by atoms with Crippen molar-refractivity contribution in [3.05, 3.63) is 62.7 Å². The normalized spacial score (nSPS) is 18.9. The Morgan fingerprint density at radius 3 is 2.78 bits per heavy atom. The lowest BCUT2D eigenvalue weighted by Gasteiger charge is -2.35. The van der Waals surface area contributed by atoms with Crippen LogP contribution >= 0.6 is 11.6 Å². The van der Waals surface area contributed by atoms with Crippen LogP contribution in [0.1, 0.15) is 40.5 Å². The predicted molar refractivity (Wildman–Crippen MR) is 104 cm³/mol. The molecule has 1 fully saturated rings. The predicted octanol–water partition coefficient (Wildman–Crippen LogP) is 2.54. The first-order valence-electron chi connectivity index (χ1n) is 8.63. The number of H-pyrrole nitrogens is 1. The average molecular weight is 384 g/mol. The number of nitrogen functional groups attached to an aromatic ring is 1. The molecule has 1 aliphatic carbocycles. The van der Waals surface area contributed by atoms with E-state index in [1.807, 2.05) is 13.0 Å². The number of carbonyl (C=O) groups excluding carboxylic acids is 1. The first-order chi connectivity index (χ1) is 12.9. The summed E-state index contributed by atoms with van der Waals surface area (Å²) < 4.78 is 0. The number of carbonyl (C=O) groups is 1. The minimum absolute atomic E-state index is 0.0208. The van der Waals surface area contributed by atoms with E-state index >= 15 is 0 Å². The maximum atomic E-state index is 12.8. The minimum atomic E-state index is -0.263. The smallest absolute Gasteiger partial charge is 0.252 e. The molecule has 1 amide bonds. The summed E-state index contributed by atoms with van der Waals surface area (Å²) in [5.41, 5.74) is 8.06. The zero-order chi connectivity index (χ0) is 19.1. The molecule has 0 radical (unpaired) electrons. The summed E-state index contributed by atoms with van der Waals surface area (Å²) in [7, 11) is 0. The molecule has 8 heteroatoms. The third-order valence-electron chi connectivity index (χ3n) is 4.81. The largest absolute Gasteiger partial charge is 0.369 e. The van der Waals surface area contributed by atoms with Gasteiger partial charge in [-0.1, -0.05) is 11.6 Å². The SMILES string of the molecule is Cc1cc(C(=O)NC2CC(c3cc(=O)[nH]c(N)n3)C2)c2cc(Cl)ccc2n1. The van der Waals surface area contributed by atoms with Crippen molar-refractivity contribution >= 4 is 34.4 Å². The van der Waals surface area contributed by atoms with Gasteiger partial charge in [-0.3, -0.25) is 19.6 Å². The number of benzene rings is 1. The molecule has 1 aliphatic rings. The van der Waals surface area contributed by atoms with E-state index in [4.69, 9.17) is 17.3 Å². The molecule has 7 nitrogen and oxygen atoms in total. The Labute approximate surface area is 160 Å². The van der Waals surface area contributed by atoms with Gasteiger partial charge in [-0.2, -0.15) is 0 Å². The third kappa shape index (κ3) is 3.50. The van der Waals surface area contributed by atoms with Crippen LogP contribution in [0.3, 0.4) is 0 Å². The van der Waals surface area contributed by atoms with Gasteiger partial charge < -0.3 is 11.1 Å². The second kappa shape index (κ2) is 6.66. The van der Waals surface area contributed by atoms with Crippen LogP contribution < -0.4 is 16.6 Å². The monoisotopic (exact) mass is 383 g/mol. The number of nitrogens with two attached hydrogens (primary N) is 1. The second-order valence-corrected chi connectivity index (χ2v) is 7.30. The molecule has 0 spiro atoms. The molecule has 1 saturated carbocycles. The van der Waals surface area contributed by atoms with Gasteiger partial charge in [-0.25, -0.2) is 4.98 Å². The van der Waals surface area contributed by atoms with Gasteiger partial charge in [0.25, 0.3) is 11.5 Å². The summed E-state index contributed by atoms with van der Waals surface area (Å²) in [6.07, 6.45) is 1.43. The number of aromatic amines is 1. The number of anilines is 1. The van der Waals surface area contributed by atoms with Gasteiger partial charge in [-0.15, -0.1) is 0 Å². The maximum absolute atomic E-state index is 12.8. The molecule has 27 heavy (non-hydrogen) atoms. The summed E-state index contributed by atoms with van der Waals surface area (Å²) in [5, 5.41) is 4.33. The lowest BCUT2D eigenvalue weighted by atomic mass is 9.78. The van der Waals surface area contributed by atoms with Crippen molar-refractivity contribution in [2.24, 2.45) is 0 Å². The van der Waals surface area contributed by atoms with E-state index in [1.54, 1.807) is 18.2 Å². The molecule has 2 heterocycles. The van der Waals surface area contributed by atoms with Gasteiger partial charge in [0.1, 0.15) is 0 Å². The fraction of sp³-hybridized carbons (Fsp3) is 0.263. The quantitative estimate of drug-likeness (QED) is 0.643. The number of hydrogen-bond acceptors (Lipinski definition) is 5. The van der Waals surface area contributed by atoms with E-state index in [1.165, 1.54) is 6.07 Å². The summed E-state index contributed by atoms with van der Waals surface area (Å²) in [6, 6.07) is 8.57. The van der Waals surface area contributed by atoms with Crippen LogP contribution in [0.4, 0.5) is 5.95 Å². The summed E-state index contributed by atoms with van der Waals surface area (Å²) in [4.78, 5) is 35.4. The van der Waals surface area contributed by atoms with E-state index in [-0.39, 0.29) is 29.4 Å². The molecule has 0 saturated heterocycles. The number of amides is 1. The van der Waals surface area contributed by atoms with E-state index in [9.17, 15) is 9.59 Å². The highest BCUT2D eigenvalue weighted by Gasteiger charge is 2.33. The van der Waals surface area contributed by atoms with Crippen molar-refractivity contribution < 1.29 is 4.79 Å². The van der Waals surface area contributed by atoms with Crippen LogP contribution in [0.25, 0.3) is 10.9 Å². The fourth-order valence-electron chi connectivity index (χ4n) is 3.46. The maximum Gasteiger partial charge on any atom is 0.252 e. The summed E-state index contributed by atoms with van der Waals surface area (Å²) in [5.74, 6) is 0.0699. The number of nitrogens with zero attached hydrogens (tertiary/aromatic N) is 2. The number of nitrogens with one attached hydrogen (secondary N) is 2. The van der Waals surface area contributed by atoms with Crippen LogP contribution in [-0.4, -0.2) is 26.9 Å². The molecular weight excluding hydrogens is 366 g/mol. The number of pyridine rings is 1. The van der Waals surface area contributed by atoms with Crippen LogP contribution in [-0.2, 0) is 0 Å². The number of hydrogen-bond donors (Lipinski definition) is 3. The number of aromatic nitrogens is 3. The van der Waals surface area contributed by atoms with Crippen molar-refractivity contribution in [1.82, 2.24) is 20.3 Å². The average Bonchev–Trinajstić information content (AvgIpc) is 2.56. The molecule has 0 aliphatic heterocycles. The van der Waals surface area contributed by atoms with Gasteiger partial charge in [0.05, 0.1) is 16.8 Å². The van der Waals surface area contributed by atoms with Gasteiger partial charge >= 0.3 is 0 Å². The summed E-state index contributed by atoms with van der Waals surface area (Å²) >= 11 is 6.09. The molecule has 4 rings (SSSR count). The highest BCUT2D eigenvalue weighted by molar-refractivity contribution is 6.31. The molecule has 3 aromatic rings. The van der Waals surface area contributed by atoms with Gasteiger partial charge in [0.2, 0.25) is 5.95 Å². The minimum Gasteiger partial charge on any atom is -0.369 e. The van der Waals surface area contributed by atoms with E-state index in [0.29, 0.717) is 29.1 Å². The first kappa shape index (κ1) is 17.5. The highest BCUT2D eigenvalue weighted by atomic mass is 35.5. The van der Waals surface area contributed by atoms with Gasteiger partial charge in [-0.05, 0) is 44.0 Å². The van der Waals surface area contributed by atoms with Gasteiger partial charge in [0, 0.05) is 34.1 Å². The Kier molecular flexibility index (Phi) is 4.31. The molecule has 0 unspecified atom stereocenters. The van der Waals surface area contributed by atoms with E-state index < -0.39 is 0 Å². The summed E-state index contributed by atoms with van der Waals surface area (Å²) in [6.45, 7) is 1.85. The van der Waals surface area contributed by atoms with E-state index in [2.05, 4.69) is 20.3 Å². The molecule has 138 valence electrons. The third-order valence-corrected chi connectivity index (χ3v) is 5.05. The standard InChI is InChI=1S/C19H18ClN5O2/c1-9-4-14(13-7-11(20)2-3-15(13)22-9)18(27)23-12-5-10(6-12)16-8-17(26)25-19(21)24-16/h2-4,7-8,10,12H,5-6H2,1H3,(H,23,27)(H3,21,24,25,26). The van der Waals surface area contributed by atoms with Crippen molar-refractivity contribution in [3.8, 4) is 0 Å². The van der Waals surface area contributed by atoms with Crippen molar-refractivity contribution in [1.29, 1.82) is 0 Å². The molecule has 4 N–H and O–H groups in total. The lowest BCUT2D eigenvalue weighted by Crippen LogP contribution is -2.43. The van der Waals surface area contributed by atoms with Crippen LogP contribution in [0, 0.1) is 6.92 Å². The van der Waals surface area contributed by atoms with Crippen molar-refractivity contribution in [3.63, 3.8) is 0 Å². The van der Waals surface area contributed by atoms with Crippen molar-refractivity contribution in [2.45, 2.75) is 31.7 Å². The Morgan fingerprint density at radius 2 is 2.04 bits per heavy atom. The van der Waals surface area contributed by atoms with Crippen molar-refractivity contribution in [2.75, 3.05) is 5.73 Å². The molecule has 0 atom stereocenters. The van der Waals surface area contributed by atoms with Crippen LogP contribution in [0.2, 0.25) is 5.02 Å². The fourth-order valence-corrected chi connectivity index (χ4v) is 3.64. The lowest BCUT2D eigenvalue weighted by molar-refractivity contribution is 0.0909. The number of aryl methyl sites for hydroxylation is 1. The van der Waals surface area contributed by atoms with E-state index in [0.717, 1.165) is 16.6 Å². The zero-order valence-corrected chi connectivity index (χ0v) is 15.4. The molecule has 0 bridgehead atoms. The number of fused-ring (bicyclic) bond motifs is 1. The van der Waals surface area contributed by atoms with Gasteiger partial charge in [0.15, 0.2) is 0 Å². The Hall–Kier alpha value is -2.93. The Bertz CT molecular complexity index is 1100. The zero-order valence-electron chi connectivity index (χ0n) is 14.6. The highest BCUT2D eigenvalue weighted by Crippen LogP contribution is 2.36. The molecule has 1 aromatic carbocycles. The number of rotatable bonds is 3. The Morgan fingerprint density at radius 1 is 1.26 bits per heavy atom. The second-order valence-electron chi connectivity index (χ2n) is 6.87. The van der Waals surface area contributed by atoms with Crippen LogP contribution in [0.5, 0.6) is 0 Å².